The van der Waals surface area contributed by atoms with Crippen LogP contribution >= 0.6 is 0 Å². The van der Waals surface area contributed by atoms with Crippen molar-refractivity contribution < 1.29 is 14.4 Å². The Balaban J connectivity index is 1.96. The molecule has 0 fully saturated rings. The van der Waals surface area contributed by atoms with Gasteiger partial charge in [0, 0.05) is 18.5 Å². The van der Waals surface area contributed by atoms with Crippen LogP contribution in [0, 0.1) is 0 Å². The second-order valence-electron chi connectivity index (χ2n) is 4.76. The van der Waals surface area contributed by atoms with E-state index in [0.717, 1.165) is 0 Å². The van der Waals surface area contributed by atoms with Crippen LogP contribution in [0.1, 0.15) is 46.4 Å². The molecular formula is C15H13NO3. The summed E-state index contributed by atoms with van der Waals surface area (Å²) >= 11 is 0. The Morgan fingerprint density at radius 2 is 1.47 bits per heavy atom. The zero-order valence-corrected chi connectivity index (χ0v) is 10.4. The van der Waals surface area contributed by atoms with Crippen LogP contribution in [-0.2, 0) is 4.79 Å². The summed E-state index contributed by atoms with van der Waals surface area (Å²) in [5.41, 5.74) is 1.56. The van der Waals surface area contributed by atoms with E-state index in [9.17, 15) is 14.4 Å². The molecule has 0 atom stereocenters. The highest BCUT2D eigenvalue weighted by molar-refractivity contribution is 6.22. The molecular weight excluding hydrogens is 242 g/mol. The fraction of sp³-hybridized carbons (Fsp3) is 0.267. The van der Waals surface area contributed by atoms with Crippen molar-refractivity contribution in [2.24, 2.45) is 0 Å². The Labute approximate surface area is 110 Å². The first kappa shape index (κ1) is 11.8. The molecule has 0 aromatic heterocycles. The van der Waals surface area contributed by atoms with Gasteiger partial charge < -0.3 is 0 Å². The summed E-state index contributed by atoms with van der Waals surface area (Å²) < 4.78 is 0. The smallest absolute Gasteiger partial charge is 0.265 e. The number of imide groups is 1. The van der Waals surface area contributed by atoms with E-state index in [1.807, 2.05) is 6.08 Å². The van der Waals surface area contributed by atoms with E-state index < -0.39 is 0 Å². The summed E-state index contributed by atoms with van der Waals surface area (Å²) in [6.07, 6.45) is 3.80. The number of amides is 2. The number of nitrogens with zero attached hydrogens (tertiary/aromatic N) is 1. The van der Waals surface area contributed by atoms with Crippen molar-refractivity contribution in [3.8, 4) is 0 Å². The molecule has 1 aromatic rings. The van der Waals surface area contributed by atoms with Crippen LogP contribution in [0.5, 0.6) is 0 Å². The lowest BCUT2D eigenvalue weighted by molar-refractivity contribution is -0.118. The van der Waals surface area contributed by atoms with Crippen molar-refractivity contribution in [3.63, 3.8) is 0 Å². The van der Waals surface area contributed by atoms with Crippen LogP contribution in [-0.4, -0.2) is 22.5 Å². The Morgan fingerprint density at radius 3 is 2.11 bits per heavy atom. The SMILES string of the molecule is O=C1CCC=C(N2C(=O)c3ccccc3C2=O)CC1. The standard InChI is InChI=1S/C15H13NO3/c17-11-5-3-4-10(8-9-11)16-14(18)12-6-1-2-7-13(12)15(16)19/h1-2,4,6-7H,3,5,8-9H2. The molecule has 2 amide bonds. The lowest BCUT2D eigenvalue weighted by Crippen LogP contribution is -2.29. The molecule has 1 aliphatic heterocycles. The van der Waals surface area contributed by atoms with Gasteiger partial charge in [-0.25, -0.2) is 4.90 Å². The summed E-state index contributed by atoms with van der Waals surface area (Å²) in [7, 11) is 0. The summed E-state index contributed by atoms with van der Waals surface area (Å²) in [6.45, 7) is 0. The van der Waals surface area contributed by atoms with Crippen molar-refractivity contribution in [2.75, 3.05) is 0 Å². The minimum absolute atomic E-state index is 0.183. The van der Waals surface area contributed by atoms with Gasteiger partial charge in [-0.1, -0.05) is 18.2 Å². The van der Waals surface area contributed by atoms with Crippen molar-refractivity contribution >= 4 is 17.6 Å². The van der Waals surface area contributed by atoms with Gasteiger partial charge in [-0.05, 0) is 25.0 Å². The maximum absolute atomic E-state index is 12.3. The third-order valence-electron chi connectivity index (χ3n) is 3.54. The van der Waals surface area contributed by atoms with Gasteiger partial charge in [0.05, 0.1) is 11.1 Å². The highest BCUT2D eigenvalue weighted by atomic mass is 16.2. The van der Waals surface area contributed by atoms with E-state index in [-0.39, 0.29) is 17.6 Å². The summed E-state index contributed by atoms with van der Waals surface area (Å²) in [6, 6.07) is 6.83. The molecule has 1 heterocycles. The number of hydrogen-bond donors (Lipinski definition) is 0. The first-order valence-corrected chi connectivity index (χ1v) is 6.37. The van der Waals surface area contributed by atoms with Crippen LogP contribution in [0.2, 0.25) is 0 Å². The van der Waals surface area contributed by atoms with Gasteiger partial charge in [-0.15, -0.1) is 0 Å². The number of fused-ring (bicyclic) bond motifs is 1. The maximum atomic E-state index is 12.3. The molecule has 19 heavy (non-hydrogen) atoms. The normalized spacial score (nSPS) is 19.3. The molecule has 4 nitrogen and oxygen atoms in total. The Bertz CT molecular complexity index is 581. The van der Waals surface area contributed by atoms with Crippen LogP contribution in [0.3, 0.4) is 0 Å². The molecule has 0 N–H and O–H groups in total. The van der Waals surface area contributed by atoms with Crippen molar-refractivity contribution in [2.45, 2.75) is 25.7 Å². The minimum atomic E-state index is -0.277. The number of carbonyl (C=O) groups excluding carboxylic acids is 3. The fourth-order valence-electron chi connectivity index (χ4n) is 2.55. The van der Waals surface area contributed by atoms with E-state index in [0.29, 0.717) is 42.5 Å². The summed E-state index contributed by atoms with van der Waals surface area (Å²) in [4.78, 5) is 37.2. The number of rotatable bonds is 1. The number of ketones is 1. The second-order valence-corrected chi connectivity index (χ2v) is 4.76. The Kier molecular flexibility index (Phi) is 2.78. The number of hydrogen-bond acceptors (Lipinski definition) is 3. The molecule has 3 rings (SSSR count). The molecule has 96 valence electrons. The molecule has 0 saturated heterocycles. The average Bonchev–Trinajstić information content (AvgIpc) is 2.57. The largest absolute Gasteiger partial charge is 0.300 e. The average molecular weight is 255 g/mol. The maximum Gasteiger partial charge on any atom is 0.265 e. The monoisotopic (exact) mass is 255 g/mol. The van der Waals surface area contributed by atoms with Gasteiger partial charge in [-0.2, -0.15) is 0 Å². The molecule has 0 unspecified atom stereocenters. The summed E-state index contributed by atoms with van der Waals surface area (Å²) in [5.74, 6) is -0.370. The molecule has 1 aromatic carbocycles. The molecule has 0 bridgehead atoms. The van der Waals surface area contributed by atoms with Crippen molar-refractivity contribution in [1.29, 1.82) is 0 Å². The second kappa shape index (κ2) is 4.46. The van der Waals surface area contributed by atoms with E-state index in [2.05, 4.69) is 0 Å². The van der Waals surface area contributed by atoms with Crippen LogP contribution in [0.15, 0.2) is 36.0 Å². The van der Waals surface area contributed by atoms with E-state index >= 15 is 0 Å². The molecule has 0 spiro atoms. The summed E-state index contributed by atoms with van der Waals surface area (Å²) in [5, 5.41) is 0. The number of Topliss-reactive ketones (excluding diaryl/α,β-unsaturated/α-hetero) is 1. The van der Waals surface area contributed by atoms with Gasteiger partial charge in [0.2, 0.25) is 0 Å². The number of carbonyl (C=O) groups is 3. The zero-order chi connectivity index (χ0) is 13.4. The lowest BCUT2D eigenvalue weighted by Gasteiger charge is -2.16. The molecule has 4 heteroatoms. The molecule has 0 radical (unpaired) electrons. The highest BCUT2D eigenvalue weighted by Crippen LogP contribution is 2.29. The minimum Gasteiger partial charge on any atom is -0.300 e. The number of allylic oxidation sites excluding steroid dienone is 2. The first-order valence-electron chi connectivity index (χ1n) is 6.37. The van der Waals surface area contributed by atoms with Crippen LogP contribution in [0.25, 0.3) is 0 Å². The molecule has 1 aliphatic carbocycles. The Hall–Kier alpha value is -2.23. The predicted molar refractivity (Wildman–Crippen MR) is 68.5 cm³/mol. The van der Waals surface area contributed by atoms with E-state index in [4.69, 9.17) is 0 Å². The van der Waals surface area contributed by atoms with Gasteiger partial charge in [0.15, 0.2) is 0 Å². The van der Waals surface area contributed by atoms with Gasteiger partial charge in [0.1, 0.15) is 5.78 Å². The topological polar surface area (TPSA) is 54.5 Å². The molecule has 2 aliphatic rings. The third-order valence-corrected chi connectivity index (χ3v) is 3.54. The van der Waals surface area contributed by atoms with Gasteiger partial charge in [-0.3, -0.25) is 14.4 Å². The highest BCUT2D eigenvalue weighted by Gasteiger charge is 2.37. The first-order chi connectivity index (χ1) is 9.18. The van der Waals surface area contributed by atoms with Crippen molar-refractivity contribution in [1.82, 2.24) is 4.90 Å². The zero-order valence-electron chi connectivity index (χ0n) is 10.4. The fourth-order valence-corrected chi connectivity index (χ4v) is 2.55. The van der Waals surface area contributed by atoms with Crippen molar-refractivity contribution in [3.05, 3.63) is 47.2 Å². The van der Waals surface area contributed by atoms with Gasteiger partial charge in [0.25, 0.3) is 11.8 Å². The predicted octanol–water partition coefficient (Wildman–Crippen LogP) is 2.31. The lowest BCUT2D eigenvalue weighted by atomic mass is 10.1. The Morgan fingerprint density at radius 1 is 0.842 bits per heavy atom. The quantitative estimate of drug-likeness (QED) is 0.723. The third kappa shape index (κ3) is 1.89. The van der Waals surface area contributed by atoms with E-state index in [1.165, 1.54) is 4.90 Å². The van der Waals surface area contributed by atoms with Crippen LogP contribution in [0.4, 0.5) is 0 Å². The molecule has 0 saturated carbocycles. The number of benzene rings is 1. The van der Waals surface area contributed by atoms with Gasteiger partial charge >= 0.3 is 0 Å². The van der Waals surface area contributed by atoms with Crippen LogP contribution < -0.4 is 0 Å². The van der Waals surface area contributed by atoms with E-state index in [1.54, 1.807) is 24.3 Å².